The standard InChI is InChI=1S/C11H13N3O3/c1-2-17-11(16)6-10(15)7-3-4-8-9(5-7)13-14-12-8/h3-5,12-14H,2,6H2,1H3. The summed E-state index contributed by atoms with van der Waals surface area (Å²) >= 11 is 0. The first kappa shape index (κ1) is 11.4. The lowest BCUT2D eigenvalue weighted by atomic mass is 10.1. The van der Waals surface area contributed by atoms with Crippen LogP contribution in [0.3, 0.4) is 0 Å². The predicted octanol–water partition coefficient (Wildman–Crippen LogP) is 1.08. The third-order valence-corrected chi connectivity index (χ3v) is 2.35. The third kappa shape index (κ3) is 2.54. The molecule has 1 heterocycles. The second-order valence-corrected chi connectivity index (χ2v) is 3.54. The normalized spacial score (nSPS) is 12.3. The number of carbonyl (C=O) groups excluding carboxylic acids is 2. The van der Waals surface area contributed by atoms with E-state index in [1.807, 2.05) is 0 Å². The first-order chi connectivity index (χ1) is 8.20. The number of esters is 1. The SMILES string of the molecule is CCOC(=O)CC(=O)c1ccc2c(c1)NNN2. The molecule has 3 N–H and O–H groups in total. The van der Waals surface area contributed by atoms with Crippen molar-refractivity contribution < 1.29 is 14.3 Å². The molecule has 90 valence electrons. The van der Waals surface area contributed by atoms with Gasteiger partial charge in [0.25, 0.3) is 0 Å². The molecule has 0 saturated heterocycles. The van der Waals surface area contributed by atoms with Crippen molar-refractivity contribution >= 4 is 23.1 Å². The molecular formula is C11H13N3O3. The average molecular weight is 235 g/mol. The van der Waals surface area contributed by atoms with Crippen molar-refractivity contribution in [1.82, 2.24) is 5.53 Å². The van der Waals surface area contributed by atoms with Gasteiger partial charge in [-0.3, -0.25) is 9.59 Å². The smallest absolute Gasteiger partial charge is 0.313 e. The van der Waals surface area contributed by atoms with Crippen molar-refractivity contribution in [3.63, 3.8) is 0 Å². The summed E-state index contributed by atoms with van der Waals surface area (Å²) in [5, 5.41) is 0. The van der Waals surface area contributed by atoms with Crippen LogP contribution in [0.4, 0.5) is 11.4 Å². The Balaban J connectivity index is 2.07. The molecule has 1 aromatic carbocycles. The maximum Gasteiger partial charge on any atom is 0.313 e. The Bertz CT molecular complexity index is 459. The molecule has 0 radical (unpaired) electrons. The number of anilines is 2. The quantitative estimate of drug-likeness (QED) is 0.411. The van der Waals surface area contributed by atoms with Crippen molar-refractivity contribution in [3.05, 3.63) is 23.8 Å². The van der Waals surface area contributed by atoms with Crippen LogP contribution in [0.15, 0.2) is 18.2 Å². The van der Waals surface area contributed by atoms with Crippen molar-refractivity contribution in [1.29, 1.82) is 0 Å². The zero-order valence-corrected chi connectivity index (χ0v) is 9.37. The van der Waals surface area contributed by atoms with Gasteiger partial charge < -0.3 is 15.6 Å². The maximum absolute atomic E-state index is 11.8. The first-order valence-corrected chi connectivity index (χ1v) is 5.30. The van der Waals surface area contributed by atoms with Gasteiger partial charge in [0.05, 0.1) is 18.0 Å². The number of rotatable bonds is 4. The molecule has 0 spiro atoms. The number of Topliss-reactive ketones (excluding diaryl/α,β-unsaturated/α-hetero) is 1. The molecule has 0 fully saturated rings. The van der Waals surface area contributed by atoms with Crippen LogP contribution < -0.4 is 16.4 Å². The molecule has 0 atom stereocenters. The molecule has 0 saturated carbocycles. The lowest BCUT2D eigenvalue weighted by Gasteiger charge is -2.03. The van der Waals surface area contributed by atoms with Crippen LogP contribution in [0.2, 0.25) is 0 Å². The van der Waals surface area contributed by atoms with E-state index in [4.69, 9.17) is 4.74 Å². The lowest BCUT2D eigenvalue weighted by molar-refractivity contribution is -0.141. The second kappa shape index (κ2) is 4.84. The summed E-state index contributed by atoms with van der Waals surface area (Å²) < 4.78 is 4.73. The molecule has 0 bridgehead atoms. The van der Waals surface area contributed by atoms with Gasteiger partial charge in [0.15, 0.2) is 5.78 Å². The fraction of sp³-hybridized carbons (Fsp3) is 0.273. The number of fused-ring (bicyclic) bond motifs is 1. The zero-order valence-electron chi connectivity index (χ0n) is 9.37. The van der Waals surface area contributed by atoms with E-state index in [9.17, 15) is 9.59 Å². The summed E-state index contributed by atoms with van der Waals surface area (Å²) in [5.74, 6) is -0.748. The van der Waals surface area contributed by atoms with E-state index < -0.39 is 5.97 Å². The molecule has 0 aromatic heterocycles. The van der Waals surface area contributed by atoms with Gasteiger partial charge in [-0.2, -0.15) is 0 Å². The number of hydrogen-bond donors (Lipinski definition) is 3. The van der Waals surface area contributed by atoms with Crippen LogP contribution in [-0.4, -0.2) is 18.4 Å². The van der Waals surface area contributed by atoms with E-state index in [0.29, 0.717) is 5.56 Å². The number of nitrogens with one attached hydrogen (secondary N) is 3. The van der Waals surface area contributed by atoms with Gasteiger partial charge in [-0.1, -0.05) is 0 Å². The Morgan fingerprint density at radius 1 is 1.24 bits per heavy atom. The van der Waals surface area contributed by atoms with E-state index in [1.165, 1.54) is 0 Å². The zero-order chi connectivity index (χ0) is 12.3. The number of benzene rings is 1. The van der Waals surface area contributed by atoms with E-state index in [-0.39, 0.29) is 18.8 Å². The molecular weight excluding hydrogens is 222 g/mol. The summed E-state index contributed by atoms with van der Waals surface area (Å²) in [6.45, 7) is 1.99. The molecule has 1 aliphatic rings. The van der Waals surface area contributed by atoms with Gasteiger partial charge in [-0.15, -0.1) is 5.53 Å². The Labute approximate surface area is 98.3 Å². The maximum atomic E-state index is 11.8. The number of carbonyl (C=O) groups is 2. The van der Waals surface area contributed by atoms with Crippen LogP contribution in [0.25, 0.3) is 0 Å². The molecule has 0 amide bonds. The molecule has 6 heteroatoms. The van der Waals surface area contributed by atoms with Crippen LogP contribution in [0.1, 0.15) is 23.7 Å². The minimum Gasteiger partial charge on any atom is -0.466 e. The summed E-state index contributed by atoms with van der Waals surface area (Å²) in [5.41, 5.74) is 10.5. The monoisotopic (exact) mass is 235 g/mol. The van der Waals surface area contributed by atoms with Crippen LogP contribution in [0.5, 0.6) is 0 Å². The Kier molecular flexibility index (Phi) is 3.24. The number of ether oxygens (including phenoxy) is 1. The van der Waals surface area contributed by atoms with Crippen LogP contribution in [-0.2, 0) is 9.53 Å². The highest BCUT2D eigenvalue weighted by Gasteiger charge is 2.16. The second-order valence-electron chi connectivity index (χ2n) is 3.54. The first-order valence-electron chi connectivity index (χ1n) is 5.30. The third-order valence-electron chi connectivity index (χ3n) is 2.35. The summed E-state index contributed by atoms with van der Waals surface area (Å²) in [4.78, 5) is 22.9. The van der Waals surface area contributed by atoms with Crippen molar-refractivity contribution in [2.45, 2.75) is 13.3 Å². The van der Waals surface area contributed by atoms with Crippen molar-refractivity contribution in [2.75, 3.05) is 17.5 Å². The molecule has 1 aromatic rings. The molecule has 0 unspecified atom stereocenters. The minimum absolute atomic E-state index is 0.229. The average Bonchev–Trinajstić information content (AvgIpc) is 2.75. The largest absolute Gasteiger partial charge is 0.466 e. The number of hydrogen-bond acceptors (Lipinski definition) is 6. The highest BCUT2D eigenvalue weighted by Crippen LogP contribution is 2.25. The van der Waals surface area contributed by atoms with Crippen molar-refractivity contribution in [2.24, 2.45) is 0 Å². The summed E-state index contributed by atoms with van der Waals surface area (Å²) in [7, 11) is 0. The van der Waals surface area contributed by atoms with Gasteiger partial charge in [0.2, 0.25) is 0 Å². The Morgan fingerprint density at radius 2 is 2.00 bits per heavy atom. The summed E-state index contributed by atoms with van der Waals surface area (Å²) in [6, 6.07) is 5.12. The Hall–Kier alpha value is -2.08. The van der Waals surface area contributed by atoms with E-state index in [0.717, 1.165) is 11.4 Å². The predicted molar refractivity (Wildman–Crippen MR) is 62.4 cm³/mol. The lowest BCUT2D eigenvalue weighted by Crippen LogP contribution is -2.19. The molecule has 2 rings (SSSR count). The van der Waals surface area contributed by atoms with Crippen molar-refractivity contribution in [3.8, 4) is 0 Å². The number of ketones is 1. The van der Waals surface area contributed by atoms with E-state index >= 15 is 0 Å². The molecule has 17 heavy (non-hydrogen) atoms. The van der Waals surface area contributed by atoms with Gasteiger partial charge in [0, 0.05) is 5.56 Å². The van der Waals surface area contributed by atoms with Gasteiger partial charge >= 0.3 is 5.97 Å². The van der Waals surface area contributed by atoms with Crippen LogP contribution >= 0.6 is 0 Å². The summed E-state index contributed by atoms with van der Waals surface area (Å²) in [6.07, 6.45) is -0.229. The van der Waals surface area contributed by atoms with Gasteiger partial charge in [-0.25, -0.2) is 0 Å². The van der Waals surface area contributed by atoms with E-state index in [2.05, 4.69) is 16.4 Å². The molecule has 6 nitrogen and oxygen atoms in total. The topological polar surface area (TPSA) is 79.5 Å². The van der Waals surface area contributed by atoms with Crippen LogP contribution in [0, 0.1) is 0 Å². The number of hydrazine groups is 2. The molecule has 0 aliphatic carbocycles. The highest BCUT2D eigenvalue weighted by atomic mass is 16.5. The minimum atomic E-state index is -0.498. The molecule has 1 aliphatic heterocycles. The van der Waals surface area contributed by atoms with Gasteiger partial charge in [0.1, 0.15) is 6.42 Å². The fourth-order valence-corrected chi connectivity index (χ4v) is 1.54. The van der Waals surface area contributed by atoms with Gasteiger partial charge in [-0.05, 0) is 25.1 Å². The van der Waals surface area contributed by atoms with E-state index in [1.54, 1.807) is 25.1 Å². The highest BCUT2D eigenvalue weighted by molar-refractivity contribution is 6.06. The fourth-order valence-electron chi connectivity index (χ4n) is 1.54. The Morgan fingerprint density at radius 3 is 2.76 bits per heavy atom.